The number of nitrogens with one attached hydrogen (secondary N) is 1. The predicted octanol–water partition coefficient (Wildman–Crippen LogP) is 3.91. The van der Waals surface area contributed by atoms with E-state index in [1.807, 2.05) is 24.3 Å². The first-order valence-electron chi connectivity index (χ1n) is 6.47. The zero-order valence-corrected chi connectivity index (χ0v) is 12.6. The Kier molecular flexibility index (Phi) is 5.23. The van der Waals surface area contributed by atoms with Crippen LogP contribution in [0.15, 0.2) is 35.9 Å². The van der Waals surface area contributed by atoms with E-state index < -0.39 is 0 Å². The Labute approximate surface area is 122 Å². The Morgan fingerprint density at radius 1 is 1.22 bits per heavy atom. The molecule has 2 nitrogen and oxygen atoms in total. The molecule has 0 heterocycles. The van der Waals surface area contributed by atoms with E-state index in [0.29, 0.717) is 0 Å². The van der Waals surface area contributed by atoms with Crippen LogP contribution in [-0.2, 0) is 0 Å². The Morgan fingerprint density at radius 2 is 2.00 bits per heavy atom. The molecular formula is C15H18INO. The van der Waals surface area contributed by atoms with Gasteiger partial charge in [-0.15, -0.1) is 0 Å². The van der Waals surface area contributed by atoms with Crippen LogP contribution in [-0.4, -0.2) is 12.5 Å². The van der Waals surface area contributed by atoms with E-state index in [1.54, 1.807) is 0 Å². The zero-order valence-electron chi connectivity index (χ0n) is 10.4. The van der Waals surface area contributed by atoms with Gasteiger partial charge in [-0.2, -0.15) is 0 Å². The van der Waals surface area contributed by atoms with Gasteiger partial charge in [0.1, 0.15) is 0 Å². The summed E-state index contributed by atoms with van der Waals surface area (Å²) in [4.78, 5) is 11.9. The van der Waals surface area contributed by atoms with Gasteiger partial charge in [0, 0.05) is 15.7 Å². The van der Waals surface area contributed by atoms with E-state index in [4.69, 9.17) is 0 Å². The molecule has 1 aromatic rings. The van der Waals surface area contributed by atoms with Crippen LogP contribution in [0.3, 0.4) is 0 Å². The minimum absolute atomic E-state index is 0.0304. The second-order valence-electron chi connectivity index (χ2n) is 4.62. The van der Waals surface area contributed by atoms with Crippen LogP contribution in [0.5, 0.6) is 0 Å². The molecule has 2 rings (SSSR count). The first-order valence-corrected chi connectivity index (χ1v) is 7.55. The molecule has 0 spiro atoms. The first kappa shape index (κ1) is 13.6. The van der Waals surface area contributed by atoms with Gasteiger partial charge in [0.05, 0.1) is 0 Å². The molecule has 1 aliphatic rings. The molecule has 0 aliphatic heterocycles. The summed E-state index contributed by atoms with van der Waals surface area (Å²) in [6, 6.07) is 7.66. The summed E-state index contributed by atoms with van der Waals surface area (Å²) < 4.78 is 1.15. The van der Waals surface area contributed by atoms with Crippen LogP contribution in [0.1, 0.15) is 42.5 Å². The molecule has 1 amide bonds. The van der Waals surface area contributed by atoms with Crippen LogP contribution in [0.4, 0.5) is 0 Å². The van der Waals surface area contributed by atoms with Gasteiger partial charge in [-0.3, -0.25) is 4.79 Å². The lowest BCUT2D eigenvalue weighted by Crippen LogP contribution is -2.24. The van der Waals surface area contributed by atoms with Crippen molar-refractivity contribution in [2.45, 2.75) is 32.1 Å². The molecule has 0 bridgehead atoms. The second kappa shape index (κ2) is 6.92. The minimum Gasteiger partial charge on any atom is -0.352 e. The second-order valence-corrected chi connectivity index (χ2v) is 5.87. The molecule has 0 unspecified atom stereocenters. The van der Waals surface area contributed by atoms with Crippen molar-refractivity contribution in [2.75, 3.05) is 6.54 Å². The third kappa shape index (κ3) is 4.12. The summed E-state index contributed by atoms with van der Waals surface area (Å²) in [5.41, 5.74) is 2.25. The first-order chi connectivity index (χ1) is 8.75. The van der Waals surface area contributed by atoms with Crippen LogP contribution in [0.2, 0.25) is 0 Å². The van der Waals surface area contributed by atoms with Crippen molar-refractivity contribution >= 4 is 28.5 Å². The summed E-state index contributed by atoms with van der Waals surface area (Å²) in [7, 11) is 0. The van der Waals surface area contributed by atoms with Gasteiger partial charge in [0.15, 0.2) is 0 Å². The number of rotatable bonds is 4. The number of carbonyl (C=O) groups excluding carboxylic acids is 1. The molecule has 0 saturated heterocycles. The van der Waals surface area contributed by atoms with Crippen LogP contribution >= 0.6 is 22.6 Å². The average Bonchev–Trinajstić information content (AvgIpc) is 2.40. The maximum atomic E-state index is 11.9. The van der Waals surface area contributed by atoms with Crippen molar-refractivity contribution in [2.24, 2.45) is 0 Å². The smallest absolute Gasteiger partial charge is 0.251 e. The third-order valence-electron chi connectivity index (χ3n) is 3.22. The van der Waals surface area contributed by atoms with Gasteiger partial charge in [-0.25, -0.2) is 0 Å². The number of carbonyl (C=O) groups is 1. The van der Waals surface area contributed by atoms with E-state index in [0.717, 1.165) is 22.1 Å². The lowest BCUT2D eigenvalue weighted by Gasteiger charge is -2.12. The number of halogens is 1. The fourth-order valence-corrected chi connectivity index (χ4v) is 2.53. The van der Waals surface area contributed by atoms with Gasteiger partial charge in [-0.05, 0) is 79.0 Å². The molecule has 0 aromatic heterocycles. The summed E-state index contributed by atoms with van der Waals surface area (Å²) in [6.07, 6.45) is 8.37. The number of hydrogen-bond acceptors (Lipinski definition) is 1. The molecule has 1 aliphatic carbocycles. The maximum Gasteiger partial charge on any atom is 0.251 e. The summed E-state index contributed by atoms with van der Waals surface area (Å²) in [6.45, 7) is 0.747. The number of amides is 1. The Bertz CT molecular complexity index is 436. The highest BCUT2D eigenvalue weighted by Crippen LogP contribution is 2.19. The molecule has 96 valence electrons. The number of benzene rings is 1. The monoisotopic (exact) mass is 355 g/mol. The maximum absolute atomic E-state index is 11.9. The van der Waals surface area contributed by atoms with Gasteiger partial charge in [0.25, 0.3) is 5.91 Å². The van der Waals surface area contributed by atoms with E-state index in [2.05, 4.69) is 34.0 Å². The van der Waals surface area contributed by atoms with Crippen LogP contribution in [0, 0.1) is 3.57 Å². The normalized spacial score (nSPS) is 15.1. The molecule has 0 fully saturated rings. The Hall–Kier alpha value is -0.840. The number of hydrogen-bond donors (Lipinski definition) is 1. The van der Waals surface area contributed by atoms with Crippen molar-refractivity contribution in [3.05, 3.63) is 45.0 Å². The van der Waals surface area contributed by atoms with E-state index >= 15 is 0 Å². The average molecular weight is 355 g/mol. The zero-order chi connectivity index (χ0) is 12.8. The van der Waals surface area contributed by atoms with E-state index in [9.17, 15) is 4.79 Å². The van der Waals surface area contributed by atoms with Crippen molar-refractivity contribution in [3.8, 4) is 0 Å². The SMILES string of the molecule is O=C(NCCC1=CCCCC1)c1ccc(I)cc1. The molecule has 1 aromatic carbocycles. The molecule has 3 heteroatoms. The van der Waals surface area contributed by atoms with Gasteiger partial charge < -0.3 is 5.32 Å². The fraction of sp³-hybridized carbons (Fsp3) is 0.400. The highest BCUT2D eigenvalue weighted by Gasteiger charge is 2.06. The van der Waals surface area contributed by atoms with Crippen molar-refractivity contribution < 1.29 is 4.79 Å². The van der Waals surface area contributed by atoms with Crippen molar-refractivity contribution in [3.63, 3.8) is 0 Å². The number of allylic oxidation sites excluding steroid dienone is 1. The predicted molar refractivity (Wildman–Crippen MR) is 82.7 cm³/mol. The Balaban J connectivity index is 1.78. The van der Waals surface area contributed by atoms with Gasteiger partial charge in [-0.1, -0.05) is 11.6 Å². The van der Waals surface area contributed by atoms with Crippen LogP contribution < -0.4 is 5.32 Å². The highest BCUT2D eigenvalue weighted by molar-refractivity contribution is 14.1. The molecule has 18 heavy (non-hydrogen) atoms. The quantitative estimate of drug-likeness (QED) is 0.644. The lowest BCUT2D eigenvalue weighted by molar-refractivity contribution is 0.0954. The minimum atomic E-state index is 0.0304. The molecule has 0 saturated carbocycles. The Morgan fingerprint density at radius 3 is 2.67 bits per heavy atom. The lowest BCUT2D eigenvalue weighted by atomic mass is 9.97. The van der Waals surface area contributed by atoms with Gasteiger partial charge in [0.2, 0.25) is 0 Å². The van der Waals surface area contributed by atoms with Gasteiger partial charge >= 0.3 is 0 Å². The van der Waals surface area contributed by atoms with E-state index in [-0.39, 0.29) is 5.91 Å². The molecule has 0 radical (unpaired) electrons. The summed E-state index contributed by atoms with van der Waals surface area (Å²) in [5, 5.41) is 2.98. The fourth-order valence-electron chi connectivity index (χ4n) is 2.17. The molecule has 0 atom stereocenters. The molecule has 1 N–H and O–H groups in total. The van der Waals surface area contributed by atoms with Crippen LogP contribution in [0.25, 0.3) is 0 Å². The molecular weight excluding hydrogens is 337 g/mol. The van der Waals surface area contributed by atoms with Crippen molar-refractivity contribution in [1.29, 1.82) is 0 Å². The topological polar surface area (TPSA) is 29.1 Å². The van der Waals surface area contributed by atoms with E-state index in [1.165, 1.54) is 31.3 Å². The largest absolute Gasteiger partial charge is 0.352 e. The standard InChI is InChI=1S/C15H18INO/c16-14-8-6-13(7-9-14)15(18)17-11-10-12-4-2-1-3-5-12/h4,6-9H,1-3,5,10-11H2,(H,17,18). The highest BCUT2D eigenvalue weighted by atomic mass is 127. The summed E-state index contributed by atoms with van der Waals surface area (Å²) >= 11 is 2.24. The summed E-state index contributed by atoms with van der Waals surface area (Å²) in [5.74, 6) is 0.0304. The van der Waals surface area contributed by atoms with Crippen molar-refractivity contribution in [1.82, 2.24) is 5.32 Å². The third-order valence-corrected chi connectivity index (χ3v) is 3.94.